The molecule has 0 aliphatic heterocycles. The van der Waals surface area contributed by atoms with Crippen molar-refractivity contribution in [2.24, 2.45) is 5.14 Å². The quantitative estimate of drug-likeness (QED) is 0.823. The van der Waals surface area contributed by atoms with Crippen LogP contribution in [0.5, 0.6) is 0 Å². The molecule has 0 atom stereocenters. The van der Waals surface area contributed by atoms with E-state index in [9.17, 15) is 16.8 Å². The normalized spacial score (nSPS) is 12.3. The fraction of sp³-hybridized carbons (Fsp3) is 0. The molecule has 2 aromatic rings. The molecule has 0 unspecified atom stereocenters. The Bertz CT molecular complexity index is 826. The molecule has 2 rings (SSSR count). The van der Waals surface area contributed by atoms with E-state index >= 15 is 0 Å². The van der Waals surface area contributed by atoms with Gasteiger partial charge >= 0.3 is 0 Å². The molecule has 108 valence electrons. The van der Waals surface area contributed by atoms with Gasteiger partial charge in [-0.25, -0.2) is 22.0 Å². The zero-order valence-corrected chi connectivity index (χ0v) is 13.8. The van der Waals surface area contributed by atoms with E-state index in [1.165, 1.54) is 24.3 Å². The summed E-state index contributed by atoms with van der Waals surface area (Å²) in [5.74, 6) is 0. The van der Waals surface area contributed by atoms with Gasteiger partial charge in [-0.2, -0.15) is 0 Å². The van der Waals surface area contributed by atoms with Gasteiger partial charge in [0.15, 0.2) is 4.21 Å². The van der Waals surface area contributed by atoms with Crippen molar-refractivity contribution in [3.63, 3.8) is 0 Å². The first kappa shape index (κ1) is 15.4. The van der Waals surface area contributed by atoms with Crippen LogP contribution in [0.25, 0.3) is 0 Å². The predicted molar refractivity (Wildman–Crippen MR) is 80.6 cm³/mol. The van der Waals surface area contributed by atoms with Gasteiger partial charge in [0, 0.05) is 10.2 Å². The highest BCUT2D eigenvalue weighted by atomic mass is 79.9. The average Bonchev–Trinajstić information content (AvgIpc) is 2.75. The van der Waals surface area contributed by atoms with Crippen molar-refractivity contribution < 1.29 is 16.8 Å². The number of anilines is 1. The highest BCUT2D eigenvalue weighted by Crippen LogP contribution is 2.29. The van der Waals surface area contributed by atoms with Crippen LogP contribution in [-0.2, 0) is 20.0 Å². The second-order valence-electron chi connectivity index (χ2n) is 3.73. The smallest absolute Gasteiger partial charge is 0.272 e. The van der Waals surface area contributed by atoms with E-state index in [0.29, 0.717) is 4.47 Å². The van der Waals surface area contributed by atoms with Crippen LogP contribution in [0.3, 0.4) is 0 Å². The second kappa shape index (κ2) is 5.45. The third-order valence-electron chi connectivity index (χ3n) is 2.26. The Morgan fingerprint density at radius 1 is 1.05 bits per heavy atom. The molecule has 3 N–H and O–H groups in total. The van der Waals surface area contributed by atoms with E-state index < -0.39 is 20.0 Å². The maximum Gasteiger partial charge on any atom is 0.272 e. The number of thiophene rings is 1. The summed E-state index contributed by atoms with van der Waals surface area (Å²) in [7, 11) is -7.50. The Balaban J connectivity index is 2.29. The molecule has 0 saturated carbocycles. The van der Waals surface area contributed by atoms with Crippen molar-refractivity contribution in [2.75, 3.05) is 4.72 Å². The minimum Gasteiger partial charge on any atom is -0.279 e. The van der Waals surface area contributed by atoms with Crippen LogP contribution in [0.1, 0.15) is 0 Å². The molecule has 0 saturated heterocycles. The Hall–Kier alpha value is -0.940. The standard InChI is InChI=1S/C10H9BrN2O4S3/c11-9-5-6-18-10(9)20(16,17)13-7-1-3-8(4-2-7)19(12,14)15/h1-6,13H,(H2,12,14,15). The van der Waals surface area contributed by atoms with Crippen molar-refractivity contribution >= 4 is 53.0 Å². The molecule has 0 spiro atoms. The fourth-order valence-electron chi connectivity index (χ4n) is 1.39. The first-order chi connectivity index (χ1) is 9.20. The molecule has 1 heterocycles. The molecule has 0 fully saturated rings. The van der Waals surface area contributed by atoms with Gasteiger partial charge in [-0.05, 0) is 51.6 Å². The first-order valence-electron chi connectivity index (χ1n) is 5.09. The van der Waals surface area contributed by atoms with Crippen LogP contribution in [-0.4, -0.2) is 16.8 Å². The number of primary sulfonamides is 1. The fourth-order valence-corrected chi connectivity index (χ4v) is 5.30. The van der Waals surface area contributed by atoms with Crippen molar-refractivity contribution in [3.8, 4) is 0 Å². The molecule has 0 bridgehead atoms. The number of nitrogens with one attached hydrogen (secondary N) is 1. The van der Waals surface area contributed by atoms with Crippen LogP contribution in [0.2, 0.25) is 0 Å². The van der Waals surface area contributed by atoms with E-state index in [2.05, 4.69) is 20.7 Å². The topological polar surface area (TPSA) is 106 Å². The Morgan fingerprint density at radius 2 is 1.65 bits per heavy atom. The van der Waals surface area contributed by atoms with Crippen molar-refractivity contribution in [1.82, 2.24) is 0 Å². The maximum atomic E-state index is 12.1. The van der Waals surface area contributed by atoms with E-state index in [1.54, 1.807) is 11.4 Å². The zero-order valence-electron chi connectivity index (χ0n) is 9.78. The lowest BCUT2D eigenvalue weighted by atomic mass is 10.3. The molecule has 20 heavy (non-hydrogen) atoms. The summed E-state index contributed by atoms with van der Waals surface area (Å²) in [5.41, 5.74) is 0.248. The minimum atomic E-state index is -3.80. The van der Waals surface area contributed by atoms with Crippen LogP contribution < -0.4 is 9.86 Å². The van der Waals surface area contributed by atoms with E-state index in [1.807, 2.05) is 0 Å². The molecule has 1 aromatic carbocycles. The molecule has 6 nitrogen and oxygen atoms in total. The summed E-state index contributed by atoms with van der Waals surface area (Å²) in [6.45, 7) is 0. The summed E-state index contributed by atoms with van der Waals surface area (Å²) < 4.78 is 49.3. The third-order valence-corrected chi connectivity index (χ3v) is 7.24. The zero-order chi connectivity index (χ0) is 15.0. The summed E-state index contributed by atoms with van der Waals surface area (Å²) in [5, 5.41) is 6.60. The van der Waals surface area contributed by atoms with Crippen molar-refractivity contribution in [1.29, 1.82) is 0 Å². The van der Waals surface area contributed by atoms with Gasteiger partial charge in [0.05, 0.1) is 4.90 Å². The molecule has 0 aliphatic rings. The number of halogens is 1. The summed E-state index contributed by atoms with van der Waals surface area (Å²) >= 11 is 4.22. The lowest BCUT2D eigenvalue weighted by Gasteiger charge is -2.07. The predicted octanol–water partition coefficient (Wildman–Crippen LogP) is 1.96. The largest absolute Gasteiger partial charge is 0.279 e. The third kappa shape index (κ3) is 3.38. The van der Waals surface area contributed by atoms with Crippen molar-refractivity contribution in [2.45, 2.75) is 9.10 Å². The maximum absolute atomic E-state index is 12.1. The summed E-state index contributed by atoms with van der Waals surface area (Å²) in [4.78, 5) is -0.0854. The van der Waals surface area contributed by atoms with Gasteiger partial charge in [-0.3, -0.25) is 4.72 Å². The summed E-state index contributed by atoms with van der Waals surface area (Å²) in [6.07, 6.45) is 0. The van der Waals surface area contributed by atoms with E-state index in [4.69, 9.17) is 5.14 Å². The summed E-state index contributed by atoms with van der Waals surface area (Å²) in [6, 6.07) is 6.76. The van der Waals surface area contributed by atoms with Gasteiger partial charge < -0.3 is 0 Å². The van der Waals surface area contributed by atoms with Crippen LogP contribution >= 0.6 is 27.3 Å². The Morgan fingerprint density at radius 3 is 2.10 bits per heavy atom. The number of nitrogens with two attached hydrogens (primary N) is 1. The minimum absolute atomic E-state index is 0.0854. The molecular weight excluding hydrogens is 388 g/mol. The van der Waals surface area contributed by atoms with Crippen molar-refractivity contribution in [3.05, 3.63) is 40.2 Å². The van der Waals surface area contributed by atoms with Crippen LogP contribution in [0.4, 0.5) is 5.69 Å². The van der Waals surface area contributed by atoms with E-state index in [-0.39, 0.29) is 14.8 Å². The SMILES string of the molecule is NS(=O)(=O)c1ccc(NS(=O)(=O)c2sccc2Br)cc1. The number of benzene rings is 1. The highest BCUT2D eigenvalue weighted by molar-refractivity contribution is 9.10. The second-order valence-corrected chi connectivity index (χ2v) is 8.94. The molecule has 0 aliphatic carbocycles. The average molecular weight is 397 g/mol. The molecular formula is C10H9BrN2O4S3. The highest BCUT2D eigenvalue weighted by Gasteiger charge is 2.19. The molecule has 0 radical (unpaired) electrons. The molecule has 0 amide bonds. The lowest BCUT2D eigenvalue weighted by molar-refractivity contribution is 0.597. The number of hydrogen-bond acceptors (Lipinski definition) is 5. The van der Waals surface area contributed by atoms with Gasteiger partial charge in [0.2, 0.25) is 10.0 Å². The monoisotopic (exact) mass is 396 g/mol. The van der Waals surface area contributed by atoms with Gasteiger partial charge in [0.25, 0.3) is 10.0 Å². The van der Waals surface area contributed by atoms with Crippen LogP contribution in [0.15, 0.2) is 49.3 Å². The van der Waals surface area contributed by atoms with Gasteiger partial charge in [0.1, 0.15) is 0 Å². The first-order valence-corrected chi connectivity index (χ1v) is 9.79. The Kier molecular flexibility index (Phi) is 4.21. The number of sulfonamides is 2. The van der Waals surface area contributed by atoms with E-state index in [0.717, 1.165) is 11.3 Å². The number of hydrogen-bond donors (Lipinski definition) is 2. The van der Waals surface area contributed by atoms with Gasteiger partial charge in [-0.15, -0.1) is 11.3 Å². The molecule has 1 aromatic heterocycles. The number of rotatable bonds is 4. The Labute approximate surface area is 128 Å². The molecule has 10 heteroatoms. The van der Waals surface area contributed by atoms with Gasteiger partial charge in [-0.1, -0.05) is 0 Å². The van der Waals surface area contributed by atoms with Crippen LogP contribution in [0, 0.1) is 0 Å². The lowest BCUT2D eigenvalue weighted by Crippen LogP contribution is -2.13.